The molecule has 0 radical (unpaired) electrons. The number of ether oxygens (including phenoxy) is 3. The number of pyridine rings is 1. The van der Waals surface area contributed by atoms with Gasteiger partial charge in [-0.2, -0.15) is 0 Å². The normalized spacial score (nSPS) is 17.7. The van der Waals surface area contributed by atoms with Gasteiger partial charge in [-0.3, -0.25) is 14.3 Å². The Labute approximate surface area is 127 Å². The summed E-state index contributed by atoms with van der Waals surface area (Å²) >= 11 is 0. The molecule has 0 saturated heterocycles. The Morgan fingerprint density at radius 1 is 1.45 bits per heavy atom. The fourth-order valence-electron chi connectivity index (χ4n) is 2.05. The molecule has 2 rings (SSSR count). The quantitative estimate of drug-likeness (QED) is 0.635. The van der Waals surface area contributed by atoms with Crippen LogP contribution in [0.25, 0.3) is 0 Å². The van der Waals surface area contributed by atoms with Crippen molar-refractivity contribution in [2.45, 2.75) is 39.1 Å². The minimum atomic E-state index is -4.76. The molecule has 1 aliphatic heterocycles. The summed E-state index contributed by atoms with van der Waals surface area (Å²) in [6, 6.07) is 0. The van der Waals surface area contributed by atoms with Gasteiger partial charge in [0.2, 0.25) is 5.85 Å². The standard InChI is InChI=1S/C13H18NO7P/c1-7-10-11(19-6-13(3,4)21-10)9(5-14-7)12(20-8(2)15)22(16,17)18/h5,12H,6H2,1-4H3,(H2,16,17,18). The fraction of sp³-hybridized carbons (Fsp3) is 0.538. The number of hydrogen-bond donors (Lipinski definition) is 2. The molecule has 1 unspecified atom stereocenters. The summed E-state index contributed by atoms with van der Waals surface area (Å²) in [5, 5.41) is 0. The van der Waals surface area contributed by atoms with E-state index < -0.39 is 25.0 Å². The van der Waals surface area contributed by atoms with Crippen LogP contribution in [-0.2, 0) is 14.1 Å². The van der Waals surface area contributed by atoms with Crippen LogP contribution in [0.5, 0.6) is 11.5 Å². The number of rotatable bonds is 3. The molecule has 2 N–H and O–H groups in total. The number of carbonyl (C=O) groups excluding carboxylic acids is 1. The van der Waals surface area contributed by atoms with Gasteiger partial charge in [-0.25, -0.2) is 0 Å². The van der Waals surface area contributed by atoms with Crippen LogP contribution >= 0.6 is 7.60 Å². The SMILES string of the molecule is CC(=O)OC(c1cnc(C)c2c1OCC(C)(C)O2)P(=O)(O)O. The van der Waals surface area contributed by atoms with Gasteiger partial charge < -0.3 is 24.0 Å². The largest absolute Gasteiger partial charge is 0.485 e. The highest BCUT2D eigenvalue weighted by Gasteiger charge is 2.40. The zero-order valence-corrected chi connectivity index (χ0v) is 13.6. The van der Waals surface area contributed by atoms with Crippen molar-refractivity contribution < 1.29 is 33.4 Å². The number of hydrogen-bond acceptors (Lipinski definition) is 6. The molecule has 0 aromatic carbocycles. The van der Waals surface area contributed by atoms with Crippen molar-refractivity contribution in [3.05, 3.63) is 17.5 Å². The Balaban J connectivity index is 2.56. The summed E-state index contributed by atoms with van der Waals surface area (Å²) in [5.74, 6) is -2.17. The van der Waals surface area contributed by atoms with Gasteiger partial charge in [-0.15, -0.1) is 0 Å². The predicted octanol–water partition coefficient (Wildman–Crippen LogP) is 1.68. The summed E-state index contributed by atoms with van der Waals surface area (Å²) in [5.41, 5.74) is -0.102. The third-order valence-corrected chi connectivity index (χ3v) is 3.98. The Morgan fingerprint density at radius 3 is 2.64 bits per heavy atom. The van der Waals surface area contributed by atoms with Crippen molar-refractivity contribution >= 4 is 13.6 Å². The molecule has 9 heteroatoms. The van der Waals surface area contributed by atoms with Crippen LogP contribution in [0.3, 0.4) is 0 Å². The third kappa shape index (κ3) is 3.40. The molecule has 1 aliphatic rings. The highest BCUT2D eigenvalue weighted by molar-refractivity contribution is 7.52. The molecule has 1 atom stereocenters. The van der Waals surface area contributed by atoms with Gasteiger partial charge in [-0.05, 0) is 20.8 Å². The minimum absolute atomic E-state index is 0.0142. The van der Waals surface area contributed by atoms with Gasteiger partial charge in [0.15, 0.2) is 11.5 Å². The first-order chi connectivity index (χ1) is 10.0. The molecule has 122 valence electrons. The van der Waals surface area contributed by atoms with Crippen molar-refractivity contribution in [3.63, 3.8) is 0 Å². The topological polar surface area (TPSA) is 115 Å². The van der Waals surface area contributed by atoms with Gasteiger partial charge in [0.25, 0.3) is 0 Å². The third-order valence-electron chi connectivity index (χ3n) is 2.99. The highest BCUT2D eigenvalue weighted by Crippen LogP contribution is 2.56. The van der Waals surface area contributed by atoms with Gasteiger partial charge >= 0.3 is 13.6 Å². The molecule has 1 aromatic rings. The monoisotopic (exact) mass is 331 g/mol. The first-order valence-corrected chi connectivity index (χ1v) is 8.23. The summed E-state index contributed by atoms with van der Waals surface area (Å²) in [6.07, 6.45) is 1.22. The molecule has 0 amide bonds. The molecule has 0 aliphatic carbocycles. The molecular formula is C13H18NO7P. The van der Waals surface area contributed by atoms with Crippen LogP contribution in [0.4, 0.5) is 0 Å². The van der Waals surface area contributed by atoms with Crippen LogP contribution in [0.1, 0.15) is 37.9 Å². The number of esters is 1. The molecule has 8 nitrogen and oxygen atoms in total. The zero-order valence-electron chi connectivity index (χ0n) is 12.7. The molecule has 0 saturated carbocycles. The van der Waals surface area contributed by atoms with E-state index in [2.05, 4.69) is 4.98 Å². The molecule has 0 spiro atoms. The Morgan fingerprint density at radius 2 is 2.09 bits per heavy atom. The summed E-state index contributed by atoms with van der Waals surface area (Å²) in [6.45, 7) is 6.57. The lowest BCUT2D eigenvalue weighted by Crippen LogP contribution is -2.39. The van der Waals surface area contributed by atoms with Gasteiger partial charge in [0.05, 0.1) is 11.3 Å². The van der Waals surface area contributed by atoms with Crippen LogP contribution < -0.4 is 9.47 Å². The van der Waals surface area contributed by atoms with Crippen molar-refractivity contribution in [1.82, 2.24) is 4.98 Å². The van der Waals surface area contributed by atoms with Gasteiger partial charge in [-0.1, -0.05) is 0 Å². The van der Waals surface area contributed by atoms with E-state index >= 15 is 0 Å². The minimum Gasteiger partial charge on any atom is -0.485 e. The van der Waals surface area contributed by atoms with Crippen LogP contribution in [-0.4, -0.2) is 32.9 Å². The van der Waals surface area contributed by atoms with E-state index in [4.69, 9.17) is 14.2 Å². The Kier molecular flexibility index (Phi) is 4.21. The average molecular weight is 331 g/mol. The van der Waals surface area contributed by atoms with E-state index in [9.17, 15) is 19.1 Å². The molecular weight excluding hydrogens is 313 g/mol. The lowest BCUT2D eigenvalue weighted by Gasteiger charge is -2.34. The number of nitrogens with zero attached hydrogens (tertiary/aromatic N) is 1. The van der Waals surface area contributed by atoms with Crippen molar-refractivity contribution in [1.29, 1.82) is 0 Å². The second-order valence-corrected chi connectivity index (χ2v) is 7.31. The van der Waals surface area contributed by atoms with E-state index in [1.807, 2.05) is 13.8 Å². The van der Waals surface area contributed by atoms with Crippen molar-refractivity contribution in [2.75, 3.05) is 6.61 Å². The van der Waals surface area contributed by atoms with Crippen LogP contribution in [0.15, 0.2) is 6.20 Å². The fourth-order valence-corrected chi connectivity index (χ4v) is 2.88. The highest BCUT2D eigenvalue weighted by atomic mass is 31.2. The van der Waals surface area contributed by atoms with E-state index in [0.717, 1.165) is 6.92 Å². The maximum Gasteiger partial charge on any atom is 0.370 e. The van der Waals surface area contributed by atoms with Crippen molar-refractivity contribution in [2.24, 2.45) is 0 Å². The number of carbonyl (C=O) groups is 1. The number of fused-ring (bicyclic) bond motifs is 1. The number of aryl methyl sites for hydroxylation is 1. The van der Waals surface area contributed by atoms with E-state index in [1.54, 1.807) is 6.92 Å². The second-order valence-electron chi connectivity index (χ2n) is 5.66. The smallest absolute Gasteiger partial charge is 0.370 e. The lowest BCUT2D eigenvalue weighted by atomic mass is 10.1. The van der Waals surface area contributed by atoms with Crippen molar-refractivity contribution in [3.8, 4) is 11.5 Å². The molecule has 22 heavy (non-hydrogen) atoms. The predicted molar refractivity (Wildman–Crippen MR) is 75.7 cm³/mol. The van der Waals surface area contributed by atoms with Gasteiger partial charge in [0, 0.05) is 13.1 Å². The van der Waals surface area contributed by atoms with Crippen LogP contribution in [0, 0.1) is 6.92 Å². The van der Waals surface area contributed by atoms with E-state index in [1.165, 1.54) is 6.20 Å². The average Bonchev–Trinajstić information content (AvgIpc) is 2.35. The summed E-state index contributed by atoms with van der Waals surface area (Å²) in [4.78, 5) is 34.1. The Hall–Kier alpha value is -1.63. The molecule has 0 bridgehead atoms. The summed E-state index contributed by atoms with van der Waals surface area (Å²) < 4.78 is 27.8. The second kappa shape index (κ2) is 5.53. The first-order valence-electron chi connectivity index (χ1n) is 6.55. The Bertz CT molecular complexity index is 652. The first kappa shape index (κ1) is 16.7. The summed E-state index contributed by atoms with van der Waals surface area (Å²) in [7, 11) is -4.76. The number of aromatic nitrogens is 1. The van der Waals surface area contributed by atoms with E-state index in [-0.39, 0.29) is 17.9 Å². The maximum atomic E-state index is 11.7. The van der Waals surface area contributed by atoms with Gasteiger partial charge in [0.1, 0.15) is 12.2 Å². The molecule has 2 heterocycles. The molecule has 1 aromatic heterocycles. The zero-order chi connectivity index (χ0) is 16.7. The molecule has 0 fully saturated rings. The van der Waals surface area contributed by atoms with E-state index in [0.29, 0.717) is 11.4 Å². The maximum absolute atomic E-state index is 11.7. The lowest BCUT2D eigenvalue weighted by molar-refractivity contribution is -0.143. The van der Waals surface area contributed by atoms with Crippen LogP contribution in [0.2, 0.25) is 0 Å².